The lowest BCUT2D eigenvalue weighted by atomic mass is 10.1. The van der Waals surface area contributed by atoms with Crippen LogP contribution < -0.4 is 0 Å². The fourth-order valence-corrected chi connectivity index (χ4v) is 3.69. The summed E-state index contributed by atoms with van der Waals surface area (Å²) in [7, 11) is -9.72. The molecular weight excluding hydrogens is 328 g/mol. The Labute approximate surface area is 128 Å². The molecule has 0 fully saturated rings. The summed E-state index contributed by atoms with van der Waals surface area (Å²) in [6.07, 6.45) is 5.13. The van der Waals surface area contributed by atoms with E-state index in [4.69, 9.17) is 4.55 Å². The molecule has 0 aliphatic heterocycles. The fourth-order valence-electron chi connectivity index (χ4n) is 1.74. The highest BCUT2D eigenvalue weighted by Crippen LogP contribution is 2.25. The van der Waals surface area contributed by atoms with Gasteiger partial charge in [-0.1, -0.05) is 42.5 Å². The molecule has 0 saturated carbocycles. The Morgan fingerprint density at radius 3 is 1.91 bits per heavy atom. The third kappa shape index (κ3) is 3.80. The summed E-state index contributed by atoms with van der Waals surface area (Å²) in [5.41, 5.74) is 0.336. The molecule has 2 aromatic carbocycles. The number of hydrogen-bond donors (Lipinski definition) is 2. The van der Waals surface area contributed by atoms with Crippen LogP contribution in [0.5, 0.6) is 0 Å². The molecule has 0 aliphatic carbocycles. The predicted octanol–water partition coefficient (Wildman–Crippen LogP) is 1.74. The first-order chi connectivity index (χ1) is 10.2. The van der Waals surface area contributed by atoms with Crippen molar-refractivity contribution in [2.75, 3.05) is 0 Å². The lowest BCUT2D eigenvalue weighted by molar-refractivity contribution is 0.466. The van der Waals surface area contributed by atoms with Crippen LogP contribution in [0.3, 0.4) is 0 Å². The molecule has 0 atom stereocenters. The minimum Gasteiger partial charge on any atom is -0.282 e. The second kappa shape index (κ2) is 6.01. The van der Waals surface area contributed by atoms with Crippen LogP contribution >= 0.6 is 0 Å². The minimum absolute atomic E-state index is 0.235. The van der Waals surface area contributed by atoms with Gasteiger partial charge in [-0.05, 0) is 17.7 Å². The number of rotatable bonds is 4. The maximum atomic E-state index is 11.4. The van der Waals surface area contributed by atoms with Crippen molar-refractivity contribution < 1.29 is 25.9 Å². The maximum Gasteiger partial charge on any atom is 0.296 e. The molecular formula is C14H10O6S2. The number of hydrogen-bond acceptors (Lipinski definition) is 4. The molecule has 6 nitrogen and oxygen atoms in total. The summed E-state index contributed by atoms with van der Waals surface area (Å²) in [5.74, 6) is 0. The van der Waals surface area contributed by atoms with Crippen molar-refractivity contribution in [2.24, 2.45) is 0 Å². The molecule has 8 heteroatoms. The van der Waals surface area contributed by atoms with E-state index in [9.17, 15) is 21.4 Å². The van der Waals surface area contributed by atoms with Crippen molar-refractivity contribution in [2.45, 2.75) is 9.79 Å². The van der Waals surface area contributed by atoms with Gasteiger partial charge in [0, 0.05) is 11.6 Å². The highest BCUT2D eigenvalue weighted by atomic mass is 32.2. The van der Waals surface area contributed by atoms with Gasteiger partial charge >= 0.3 is 0 Å². The van der Waals surface area contributed by atoms with Crippen molar-refractivity contribution in [3.63, 3.8) is 0 Å². The Morgan fingerprint density at radius 1 is 0.727 bits per heavy atom. The van der Waals surface area contributed by atoms with Crippen molar-refractivity contribution in [3.05, 3.63) is 71.8 Å². The quantitative estimate of drug-likeness (QED) is 0.649. The molecule has 114 valence electrons. The van der Waals surface area contributed by atoms with E-state index >= 15 is 0 Å². The molecule has 2 radical (unpaired) electrons. The van der Waals surface area contributed by atoms with Crippen LogP contribution in [0.25, 0.3) is 0 Å². The number of benzene rings is 2. The SMILES string of the molecule is O=S(=O)(O)c1cccc([C]=[C]c2ccccc2)c1S(=O)(=O)O. The highest BCUT2D eigenvalue weighted by molar-refractivity contribution is 7.89. The van der Waals surface area contributed by atoms with Crippen LogP contribution in [0.15, 0.2) is 58.3 Å². The first kappa shape index (κ1) is 16.4. The van der Waals surface area contributed by atoms with E-state index in [1.807, 2.05) is 0 Å². The molecule has 0 amide bonds. The lowest BCUT2D eigenvalue weighted by Gasteiger charge is -2.07. The van der Waals surface area contributed by atoms with Gasteiger partial charge in [-0.3, -0.25) is 9.11 Å². The van der Waals surface area contributed by atoms with E-state index in [0.717, 1.165) is 6.07 Å². The van der Waals surface area contributed by atoms with Gasteiger partial charge in [0.25, 0.3) is 20.2 Å². The van der Waals surface area contributed by atoms with Crippen molar-refractivity contribution in [1.29, 1.82) is 0 Å². The van der Waals surface area contributed by atoms with E-state index in [1.165, 1.54) is 12.1 Å². The summed E-state index contributed by atoms with van der Waals surface area (Å²) in [4.78, 5) is -1.87. The largest absolute Gasteiger partial charge is 0.296 e. The maximum absolute atomic E-state index is 11.4. The molecule has 0 bridgehead atoms. The van der Waals surface area contributed by atoms with Gasteiger partial charge < -0.3 is 0 Å². The Morgan fingerprint density at radius 2 is 1.36 bits per heavy atom. The van der Waals surface area contributed by atoms with Crippen LogP contribution in [0.1, 0.15) is 11.1 Å². The normalized spacial score (nSPS) is 12.6. The molecule has 0 heterocycles. The average molecular weight is 338 g/mol. The molecule has 2 N–H and O–H groups in total. The molecule has 0 aromatic heterocycles. The zero-order valence-corrected chi connectivity index (χ0v) is 12.6. The fraction of sp³-hybridized carbons (Fsp3) is 0. The lowest BCUT2D eigenvalue weighted by Crippen LogP contribution is -2.10. The summed E-state index contributed by atoms with van der Waals surface area (Å²) < 4.78 is 63.7. The monoisotopic (exact) mass is 338 g/mol. The Bertz CT molecular complexity index is 913. The zero-order chi connectivity index (χ0) is 16.4. The average Bonchev–Trinajstić information content (AvgIpc) is 2.44. The molecule has 0 spiro atoms. The van der Waals surface area contributed by atoms with E-state index in [-0.39, 0.29) is 5.56 Å². The van der Waals surface area contributed by atoms with E-state index in [2.05, 4.69) is 12.2 Å². The summed E-state index contributed by atoms with van der Waals surface area (Å²) in [5, 5.41) is 0. The van der Waals surface area contributed by atoms with Crippen molar-refractivity contribution in [3.8, 4) is 0 Å². The Kier molecular flexibility index (Phi) is 4.47. The van der Waals surface area contributed by atoms with Gasteiger partial charge in [0.05, 0.1) is 0 Å². The van der Waals surface area contributed by atoms with Gasteiger partial charge in [-0.25, -0.2) is 0 Å². The van der Waals surface area contributed by atoms with E-state index in [0.29, 0.717) is 5.56 Å². The smallest absolute Gasteiger partial charge is 0.282 e. The molecule has 2 aromatic rings. The molecule has 22 heavy (non-hydrogen) atoms. The summed E-state index contributed by atoms with van der Waals surface area (Å²) >= 11 is 0. The third-order valence-electron chi connectivity index (χ3n) is 2.63. The van der Waals surface area contributed by atoms with Gasteiger partial charge in [-0.15, -0.1) is 0 Å². The summed E-state index contributed by atoms with van der Waals surface area (Å²) in [6.45, 7) is 0. The second-order valence-corrected chi connectivity index (χ2v) is 6.95. The minimum atomic E-state index is -4.89. The van der Waals surface area contributed by atoms with Crippen molar-refractivity contribution >= 4 is 20.2 Å². The first-order valence-corrected chi connectivity index (χ1v) is 8.72. The molecule has 2 rings (SSSR count). The second-order valence-electron chi connectivity index (χ2n) is 4.20. The molecule has 0 saturated heterocycles. The van der Waals surface area contributed by atoms with Gasteiger partial charge in [-0.2, -0.15) is 16.8 Å². The standard InChI is InChI=1S/C14H10O6S2/c15-21(16,17)13-8-4-7-12(14(13)22(18,19)20)10-9-11-5-2-1-3-6-11/h1-8H,(H,15,16,17)(H,18,19,20). The zero-order valence-electron chi connectivity index (χ0n) is 11.0. The summed E-state index contributed by atoms with van der Waals surface area (Å²) in [6, 6.07) is 11.9. The van der Waals surface area contributed by atoms with Crippen LogP contribution in [-0.4, -0.2) is 25.9 Å². The third-order valence-corrected chi connectivity index (χ3v) is 4.61. The van der Waals surface area contributed by atoms with Crippen molar-refractivity contribution in [1.82, 2.24) is 0 Å². The van der Waals surface area contributed by atoms with E-state index < -0.39 is 30.0 Å². The Hall–Kier alpha value is -2.00. The highest BCUT2D eigenvalue weighted by Gasteiger charge is 2.26. The molecule has 0 aliphatic rings. The first-order valence-electron chi connectivity index (χ1n) is 5.84. The van der Waals surface area contributed by atoms with Crippen LogP contribution in [0.4, 0.5) is 0 Å². The predicted molar refractivity (Wildman–Crippen MR) is 77.2 cm³/mol. The van der Waals surface area contributed by atoms with Gasteiger partial charge in [0.15, 0.2) is 0 Å². The van der Waals surface area contributed by atoms with E-state index in [1.54, 1.807) is 30.3 Å². The topological polar surface area (TPSA) is 109 Å². The van der Waals surface area contributed by atoms with Gasteiger partial charge in [0.1, 0.15) is 9.79 Å². The van der Waals surface area contributed by atoms with Gasteiger partial charge in [0.2, 0.25) is 0 Å². The van der Waals surface area contributed by atoms with Crippen LogP contribution in [0.2, 0.25) is 0 Å². The Balaban J connectivity index is 2.65. The van der Waals surface area contributed by atoms with Crippen LogP contribution in [-0.2, 0) is 20.2 Å². The van der Waals surface area contributed by atoms with Crippen LogP contribution in [0, 0.1) is 12.2 Å². The molecule has 0 unspecified atom stereocenters.